The molecule has 3 aliphatic rings. The van der Waals surface area contributed by atoms with E-state index in [2.05, 4.69) is 5.32 Å². The Balaban J connectivity index is 1.02. The number of carbonyl (C=O) groups excluding carboxylic acids is 4. The van der Waals surface area contributed by atoms with Gasteiger partial charge in [-0.2, -0.15) is 0 Å². The first-order chi connectivity index (χ1) is 32.1. The van der Waals surface area contributed by atoms with Gasteiger partial charge in [0, 0.05) is 65.6 Å². The molecule has 22 heteroatoms. The van der Waals surface area contributed by atoms with E-state index in [-0.39, 0.29) is 67.5 Å². The fraction of sp³-hybridized carbons (Fsp3) is 0.333. The molecule has 4 aromatic carbocycles. The summed E-state index contributed by atoms with van der Waals surface area (Å²) in [6, 6.07) is 22.5. The lowest BCUT2D eigenvalue weighted by molar-refractivity contribution is -0.385. The third-order valence-corrected chi connectivity index (χ3v) is 13.0. The Morgan fingerprint density at radius 3 is 1.76 bits per heavy atom. The van der Waals surface area contributed by atoms with E-state index < -0.39 is 68.9 Å². The topological polar surface area (TPSA) is 273 Å². The van der Waals surface area contributed by atoms with Crippen molar-refractivity contribution in [2.75, 3.05) is 13.2 Å². The standard InChI is InChI=1S/C45H44N6O15S/c1-26-39-38(27(2)52)42(53)48(39)40(43(54)64-22-29-3-11-32(12-4-29)49(57)58)41(26)67-37-19-35(47(21-37)45(56)66-24-31-7-15-34(16-8-31)51(61)62)25-63-36-17-9-28(10-18-36)20-46-44(55)65-23-30-5-13-33(14-6-30)50(59)60/h3-18,26-27,35,37-39,52H,19-25H2,1-2H3,(H,46,55)/t26-,27-,35+,37+,38-,39-/m1/s1. The third kappa shape index (κ3) is 11.1. The van der Waals surface area contributed by atoms with Crippen molar-refractivity contribution < 1.29 is 58.0 Å². The van der Waals surface area contributed by atoms with E-state index in [1.807, 2.05) is 6.92 Å². The molecule has 67 heavy (non-hydrogen) atoms. The highest BCUT2D eigenvalue weighted by molar-refractivity contribution is 8.03. The minimum absolute atomic E-state index is 0.0202. The van der Waals surface area contributed by atoms with Crippen molar-refractivity contribution in [3.8, 4) is 5.75 Å². The molecule has 2 N–H and O–H groups in total. The molecular formula is C45H44N6O15S. The van der Waals surface area contributed by atoms with Gasteiger partial charge in [-0.05, 0) is 84.1 Å². The number of aliphatic hydroxyl groups excluding tert-OH is 1. The Morgan fingerprint density at radius 2 is 1.25 bits per heavy atom. The highest BCUT2D eigenvalue weighted by Crippen LogP contribution is 2.52. The minimum Gasteiger partial charge on any atom is -0.491 e. The van der Waals surface area contributed by atoms with Gasteiger partial charge in [-0.25, -0.2) is 14.4 Å². The molecular weight excluding hydrogens is 897 g/mol. The zero-order valence-corrected chi connectivity index (χ0v) is 36.8. The average Bonchev–Trinajstić information content (AvgIpc) is 3.83. The van der Waals surface area contributed by atoms with Crippen molar-refractivity contribution in [1.82, 2.24) is 15.1 Å². The molecule has 2 saturated heterocycles. The number of ether oxygens (including phenoxy) is 4. The predicted octanol–water partition coefficient (Wildman–Crippen LogP) is 6.54. The van der Waals surface area contributed by atoms with Gasteiger partial charge in [0.25, 0.3) is 17.1 Å². The molecule has 0 radical (unpaired) electrons. The first kappa shape index (κ1) is 47.4. The SMILES string of the molecule is C[C@@H](O)[C@H]1C(=O)N2C(C(=O)OCc3ccc([N+](=O)[O-])cc3)=C(S[C@H]3C[C@@H](COc4ccc(CNC(=O)OCc5ccc([N+](=O)[O-])cc5)cc4)N(C(=O)OCc4ccc([N+](=O)[O-])cc4)C3)[C@H](C)[C@H]12. The van der Waals surface area contributed by atoms with E-state index in [1.54, 1.807) is 24.3 Å². The normalized spacial score (nSPS) is 20.0. The summed E-state index contributed by atoms with van der Waals surface area (Å²) in [5.74, 6) is -1.92. The van der Waals surface area contributed by atoms with Crippen molar-refractivity contribution in [2.45, 2.75) is 70.1 Å². The second-order valence-corrected chi connectivity index (χ2v) is 17.4. The number of nitro benzene ring substituents is 3. The number of non-ortho nitro benzene ring substituents is 3. The monoisotopic (exact) mass is 940 g/mol. The number of β-lactam (4-membered cyclic amide) rings is 1. The van der Waals surface area contributed by atoms with Crippen LogP contribution in [0.4, 0.5) is 26.7 Å². The second kappa shape index (κ2) is 20.7. The van der Waals surface area contributed by atoms with Crippen LogP contribution in [-0.2, 0) is 50.2 Å². The number of benzene rings is 4. The fourth-order valence-electron chi connectivity index (χ4n) is 8.05. The van der Waals surface area contributed by atoms with Crippen LogP contribution >= 0.6 is 11.8 Å². The molecule has 0 spiro atoms. The fourth-order valence-corrected chi connectivity index (χ4v) is 9.61. The van der Waals surface area contributed by atoms with Crippen LogP contribution in [0.3, 0.4) is 0 Å². The quantitative estimate of drug-likeness (QED) is 0.0352. The molecule has 0 saturated carbocycles. The van der Waals surface area contributed by atoms with Crippen molar-refractivity contribution in [1.29, 1.82) is 0 Å². The van der Waals surface area contributed by atoms with Crippen LogP contribution < -0.4 is 10.1 Å². The van der Waals surface area contributed by atoms with Gasteiger partial charge in [-0.1, -0.05) is 19.1 Å². The van der Waals surface area contributed by atoms with Crippen LogP contribution in [0.2, 0.25) is 0 Å². The second-order valence-electron chi connectivity index (χ2n) is 16.0. The smallest absolute Gasteiger partial charge is 0.410 e. The number of amides is 3. The molecule has 7 rings (SSSR count). The van der Waals surface area contributed by atoms with Crippen LogP contribution in [-0.4, -0.2) is 90.3 Å². The van der Waals surface area contributed by atoms with E-state index in [0.717, 1.165) is 5.56 Å². The Labute approximate surface area is 386 Å². The number of nitro groups is 3. The average molecular weight is 941 g/mol. The third-order valence-electron chi connectivity index (χ3n) is 11.6. The number of likely N-dealkylation sites (tertiary alicyclic amines) is 1. The first-order valence-corrected chi connectivity index (χ1v) is 21.8. The van der Waals surface area contributed by atoms with Gasteiger partial charge in [0.2, 0.25) is 5.91 Å². The summed E-state index contributed by atoms with van der Waals surface area (Å²) in [6.45, 7) is 3.16. The van der Waals surface area contributed by atoms with E-state index in [0.29, 0.717) is 33.8 Å². The molecule has 4 aromatic rings. The summed E-state index contributed by atoms with van der Waals surface area (Å²) < 4.78 is 22.7. The summed E-state index contributed by atoms with van der Waals surface area (Å²) >= 11 is 1.32. The number of nitrogens with zero attached hydrogens (tertiary/aromatic N) is 5. The highest BCUT2D eigenvalue weighted by atomic mass is 32.2. The number of alkyl carbamates (subject to hydrolysis) is 1. The molecule has 0 aromatic heterocycles. The summed E-state index contributed by atoms with van der Waals surface area (Å²) in [5, 5.41) is 46.0. The summed E-state index contributed by atoms with van der Waals surface area (Å²) in [7, 11) is 0. The molecule has 21 nitrogen and oxygen atoms in total. The number of esters is 1. The van der Waals surface area contributed by atoms with Crippen LogP contribution in [0.25, 0.3) is 0 Å². The number of fused-ring (bicyclic) bond motifs is 1. The maximum Gasteiger partial charge on any atom is 0.410 e. The zero-order valence-electron chi connectivity index (χ0n) is 36.0. The summed E-state index contributed by atoms with van der Waals surface area (Å²) in [4.78, 5) is 88.4. The molecule has 0 unspecified atom stereocenters. The van der Waals surface area contributed by atoms with Gasteiger partial charge in [-0.3, -0.25) is 35.1 Å². The molecule has 6 atom stereocenters. The van der Waals surface area contributed by atoms with E-state index in [1.165, 1.54) is 101 Å². The van der Waals surface area contributed by atoms with Gasteiger partial charge < -0.3 is 39.2 Å². The first-order valence-electron chi connectivity index (χ1n) is 20.9. The molecule has 3 aliphatic heterocycles. The van der Waals surface area contributed by atoms with Gasteiger partial charge in [0.15, 0.2) is 0 Å². The molecule has 3 heterocycles. The van der Waals surface area contributed by atoms with Gasteiger partial charge in [0.1, 0.15) is 37.9 Å². The lowest BCUT2D eigenvalue weighted by Crippen LogP contribution is -2.63. The Bertz CT molecular complexity index is 2560. The zero-order chi connectivity index (χ0) is 47.9. The minimum atomic E-state index is -0.991. The Kier molecular flexibility index (Phi) is 14.6. The van der Waals surface area contributed by atoms with E-state index >= 15 is 0 Å². The Morgan fingerprint density at radius 1 is 0.761 bits per heavy atom. The van der Waals surface area contributed by atoms with E-state index in [9.17, 15) is 54.6 Å². The molecule has 350 valence electrons. The number of thioether (sulfide) groups is 1. The molecule has 0 bridgehead atoms. The van der Waals surface area contributed by atoms with Crippen molar-refractivity contribution in [3.05, 3.63) is 160 Å². The molecule has 0 aliphatic carbocycles. The number of nitrogens with one attached hydrogen (secondary N) is 1. The van der Waals surface area contributed by atoms with Crippen LogP contribution in [0.5, 0.6) is 5.75 Å². The maximum absolute atomic E-state index is 13.9. The number of aliphatic hydroxyl groups is 1. The van der Waals surface area contributed by atoms with Gasteiger partial charge >= 0.3 is 18.2 Å². The van der Waals surface area contributed by atoms with Crippen LogP contribution in [0.15, 0.2) is 108 Å². The lowest BCUT2D eigenvalue weighted by atomic mass is 9.79. The van der Waals surface area contributed by atoms with Gasteiger partial charge in [-0.15, -0.1) is 11.8 Å². The van der Waals surface area contributed by atoms with Crippen LogP contribution in [0.1, 0.15) is 42.5 Å². The molecule has 2 fully saturated rings. The Hall–Kier alpha value is -7.59. The summed E-state index contributed by atoms with van der Waals surface area (Å²) in [5.41, 5.74) is 2.00. The molecule has 3 amide bonds. The predicted molar refractivity (Wildman–Crippen MR) is 237 cm³/mol. The number of hydrogen-bond acceptors (Lipinski definition) is 16. The highest BCUT2D eigenvalue weighted by Gasteiger charge is 2.60. The van der Waals surface area contributed by atoms with Crippen molar-refractivity contribution >= 4 is 52.9 Å². The number of hydrogen-bond donors (Lipinski definition) is 2. The number of rotatable bonds is 18. The van der Waals surface area contributed by atoms with Crippen molar-refractivity contribution in [3.63, 3.8) is 0 Å². The largest absolute Gasteiger partial charge is 0.491 e. The number of carbonyl (C=O) groups is 4. The van der Waals surface area contributed by atoms with E-state index in [4.69, 9.17) is 18.9 Å². The van der Waals surface area contributed by atoms with Crippen LogP contribution in [0, 0.1) is 42.2 Å². The summed E-state index contributed by atoms with van der Waals surface area (Å²) in [6.07, 6.45) is -2.00. The van der Waals surface area contributed by atoms with Crippen molar-refractivity contribution in [2.24, 2.45) is 11.8 Å². The maximum atomic E-state index is 13.9. The van der Waals surface area contributed by atoms with Gasteiger partial charge in [0.05, 0.1) is 38.9 Å². The lowest BCUT2D eigenvalue weighted by Gasteiger charge is -2.46.